The van der Waals surface area contributed by atoms with Gasteiger partial charge in [-0.25, -0.2) is 9.59 Å². The van der Waals surface area contributed by atoms with E-state index in [2.05, 4.69) is 5.32 Å². The zero-order valence-corrected chi connectivity index (χ0v) is 10.6. The SMILES string of the molecule is CN(C(=O)N[C@@H](CCO)C(=O)O)C1CCSC1. The van der Waals surface area contributed by atoms with Crippen LogP contribution in [0.3, 0.4) is 0 Å². The normalized spacial score (nSPS) is 20.9. The van der Waals surface area contributed by atoms with E-state index in [1.165, 1.54) is 0 Å². The number of hydrogen-bond acceptors (Lipinski definition) is 4. The lowest BCUT2D eigenvalue weighted by atomic mass is 10.2. The molecule has 1 aliphatic rings. The van der Waals surface area contributed by atoms with Crippen molar-refractivity contribution in [3.63, 3.8) is 0 Å². The first-order chi connectivity index (χ1) is 8.06. The van der Waals surface area contributed by atoms with E-state index in [1.807, 2.05) is 0 Å². The third kappa shape index (κ3) is 4.08. The molecule has 3 N–H and O–H groups in total. The van der Waals surface area contributed by atoms with E-state index < -0.39 is 18.0 Å². The molecule has 1 rings (SSSR count). The first-order valence-corrected chi connectivity index (χ1v) is 6.66. The van der Waals surface area contributed by atoms with Crippen molar-refractivity contribution in [2.45, 2.75) is 24.9 Å². The van der Waals surface area contributed by atoms with Gasteiger partial charge in [0.2, 0.25) is 0 Å². The highest BCUT2D eigenvalue weighted by atomic mass is 32.2. The highest BCUT2D eigenvalue weighted by molar-refractivity contribution is 7.99. The second kappa shape index (κ2) is 6.70. The molecule has 17 heavy (non-hydrogen) atoms. The van der Waals surface area contributed by atoms with Gasteiger partial charge in [0.05, 0.1) is 0 Å². The van der Waals surface area contributed by atoms with Crippen LogP contribution >= 0.6 is 11.8 Å². The van der Waals surface area contributed by atoms with Gasteiger partial charge in [0, 0.05) is 31.9 Å². The summed E-state index contributed by atoms with van der Waals surface area (Å²) in [6, 6.07) is -1.24. The van der Waals surface area contributed by atoms with Crippen LogP contribution in [0.1, 0.15) is 12.8 Å². The van der Waals surface area contributed by atoms with Gasteiger partial charge in [-0.3, -0.25) is 0 Å². The van der Waals surface area contributed by atoms with Crippen molar-refractivity contribution in [1.29, 1.82) is 0 Å². The summed E-state index contributed by atoms with van der Waals surface area (Å²) in [6.07, 6.45) is 0.959. The Morgan fingerprint density at radius 1 is 1.59 bits per heavy atom. The number of rotatable bonds is 5. The smallest absolute Gasteiger partial charge is 0.326 e. The fourth-order valence-electron chi connectivity index (χ4n) is 1.63. The Balaban J connectivity index is 2.47. The highest BCUT2D eigenvalue weighted by Gasteiger charge is 2.27. The van der Waals surface area contributed by atoms with Crippen LogP contribution in [0.25, 0.3) is 0 Å². The molecular formula is C10H18N2O4S. The lowest BCUT2D eigenvalue weighted by molar-refractivity contribution is -0.139. The molecule has 0 spiro atoms. The van der Waals surface area contributed by atoms with Crippen molar-refractivity contribution in [1.82, 2.24) is 10.2 Å². The third-order valence-corrected chi connectivity index (χ3v) is 3.93. The number of aliphatic hydroxyl groups is 1. The van der Waals surface area contributed by atoms with Crippen molar-refractivity contribution in [3.05, 3.63) is 0 Å². The van der Waals surface area contributed by atoms with Crippen LogP contribution in [0.15, 0.2) is 0 Å². The van der Waals surface area contributed by atoms with Gasteiger partial charge in [0.1, 0.15) is 6.04 Å². The van der Waals surface area contributed by atoms with Gasteiger partial charge in [0.25, 0.3) is 0 Å². The van der Waals surface area contributed by atoms with Gasteiger partial charge in [-0.05, 0) is 12.2 Å². The van der Waals surface area contributed by atoms with Crippen LogP contribution in [-0.4, -0.2) is 64.4 Å². The maximum atomic E-state index is 11.8. The topological polar surface area (TPSA) is 89.9 Å². The molecule has 0 saturated carbocycles. The summed E-state index contributed by atoms with van der Waals surface area (Å²) in [5, 5.41) is 20.0. The van der Waals surface area contributed by atoms with Crippen LogP contribution in [0, 0.1) is 0 Å². The fourth-order valence-corrected chi connectivity index (χ4v) is 2.90. The first kappa shape index (κ1) is 14.1. The Kier molecular flexibility index (Phi) is 5.57. The second-order valence-electron chi connectivity index (χ2n) is 3.98. The van der Waals surface area contributed by atoms with Crippen molar-refractivity contribution >= 4 is 23.8 Å². The largest absolute Gasteiger partial charge is 0.480 e. The average Bonchev–Trinajstić information content (AvgIpc) is 2.80. The molecule has 1 aliphatic heterocycles. The van der Waals surface area contributed by atoms with Crippen LogP contribution in [0.5, 0.6) is 0 Å². The number of hydrogen-bond donors (Lipinski definition) is 3. The molecule has 2 amide bonds. The number of thioether (sulfide) groups is 1. The Morgan fingerprint density at radius 3 is 2.76 bits per heavy atom. The predicted octanol–water partition coefficient (Wildman–Crippen LogP) is -0.0311. The summed E-state index contributed by atoms with van der Waals surface area (Å²) in [4.78, 5) is 24.1. The molecule has 7 heteroatoms. The highest BCUT2D eigenvalue weighted by Crippen LogP contribution is 2.21. The molecule has 1 fully saturated rings. The summed E-state index contributed by atoms with van der Waals surface area (Å²) < 4.78 is 0. The molecule has 1 saturated heterocycles. The minimum absolute atomic E-state index is 0.0222. The average molecular weight is 262 g/mol. The molecule has 98 valence electrons. The summed E-state index contributed by atoms with van der Waals surface area (Å²) in [5.74, 6) is 0.796. The molecule has 0 aliphatic carbocycles. The summed E-state index contributed by atoms with van der Waals surface area (Å²) >= 11 is 1.79. The Bertz CT molecular complexity index is 281. The summed E-state index contributed by atoms with van der Waals surface area (Å²) in [7, 11) is 1.67. The van der Waals surface area contributed by atoms with E-state index in [4.69, 9.17) is 10.2 Å². The maximum absolute atomic E-state index is 11.8. The van der Waals surface area contributed by atoms with Crippen molar-refractivity contribution in [2.75, 3.05) is 25.2 Å². The predicted molar refractivity (Wildman–Crippen MR) is 65.2 cm³/mol. The lowest BCUT2D eigenvalue weighted by Crippen LogP contribution is -2.50. The first-order valence-electron chi connectivity index (χ1n) is 5.51. The van der Waals surface area contributed by atoms with E-state index >= 15 is 0 Å². The number of amides is 2. The number of urea groups is 1. The Hall–Kier alpha value is -0.950. The quantitative estimate of drug-likeness (QED) is 0.647. The zero-order valence-electron chi connectivity index (χ0n) is 9.76. The van der Waals surface area contributed by atoms with E-state index in [9.17, 15) is 9.59 Å². The van der Waals surface area contributed by atoms with Crippen molar-refractivity contribution in [2.24, 2.45) is 0 Å². The molecule has 6 nitrogen and oxygen atoms in total. The molecule has 1 heterocycles. The van der Waals surface area contributed by atoms with Crippen LogP contribution in [0.2, 0.25) is 0 Å². The fraction of sp³-hybridized carbons (Fsp3) is 0.800. The molecule has 2 atom stereocenters. The zero-order chi connectivity index (χ0) is 12.8. The lowest BCUT2D eigenvalue weighted by Gasteiger charge is -2.25. The number of carbonyl (C=O) groups is 2. The molecule has 0 aromatic heterocycles. The van der Waals surface area contributed by atoms with Gasteiger partial charge in [0.15, 0.2) is 0 Å². The molecule has 0 bridgehead atoms. The molecule has 0 aromatic rings. The molecule has 0 radical (unpaired) electrons. The number of carbonyl (C=O) groups excluding carboxylic acids is 1. The van der Waals surface area contributed by atoms with E-state index in [-0.39, 0.29) is 19.1 Å². The van der Waals surface area contributed by atoms with Gasteiger partial charge in [-0.15, -0.1) is 0 Å². The minimum Gasteiger partial charge on any atom is -0.480 e. The molecule has 0 aromatic carbocycles. The number of aliphatic hydroxyl groups excluding tert-OH is 1. The number of nitrogens with one attached hydrogen (secondary N) is 1. The van der Waals surface area contributed by atoms with Gasteiger partial charge in [-0.1, -0.05) is 0 Å². The monoisotopic (exact) mass is 262 g/mol. The van der Waals surface area contributed by atoms with Crippen molar-refractivity contribution < 1.29 is 19.8 Å². The third-order valence-electron chi connectivity index (χ3n) is 2.79. The maximum Gasteiger partial charge on any atom is 0.326 e. The van der Waals surface area contributed by atoms with Crippen LogP contribution < -0.4 is 5.32 Å². The summed E-state index contributed by atoms with van der Waals surface area (Å²) in [5.41, 5.74) is 0. The molecular weight excluding hydrogens is 244 g/mol. The van der Waals surface area contributed by atoms with Crippen LogP contribution in [-0.2, 0) is 4.79 Å². The van der Waals surface area contributed by atoms with Crippen LogP contribution in [0.4, 0.5) is 4.79 Å². The second-order valence-corrected chi connectivity index (χ2v) is 5.13. The number of carboxylic acids is 1. The van der Waals surface area contributed by atoms with E-state index in [0.29, 0.717) is 0 Å². The number of aliphatic carboxylic acids is 1. The Labute approximate surface area is 104 Å². The van der Waals surface area contributed by atoms with Gasteiger partial charge >= 0.3 is 12.0 Å². The standard InChI is InChI=1S/C10H18N2O4S/c1-12(7-3-5-17-6-7)10(16)11-8(2-4-13)9(14)15/h7-8,13H,2-6H2,1H3,(H,11,16)(H,14,15)/t7?,8-/m0/s1. The van der Waals surface area contributed by atoms with Crippen molar-refractivity contribution in [3.8, 4) is 0 Å². The van der Waals surface area contributed by atoms with E-state index in [0.717, 1.165) is 17.9 Å². The van der Waals surface area contributed by atoms with Gasteiger partial charge in [-0.2, -0.15) is 11.8 Å². The Morgan fingerprint density at radius 2 is 2.29 bits per heavy atom. The number of nitrogens with zero attached hydrogens (tertiary/aromatic N) is 1. The van der Waals surface area contributed by atoms with E-state index in [1.54, 1.807) is 23.7 Å². The number of carboxylic acid groups (broad SMARTS) is 1. The minimum atomic E-state index is -1.12. The molecule has 1 unspecified atom stereocenters. The van der Waals surface area contributed by atoms with Gasteiger partial charge < -0.3 is 20.4 Å². The summed E-state index contributed by atoms with van der Waals surface area (Å²) in [6.45, 7) is -0.264.